The van der Waals surface area contributed by atoms with E-state index in [0.717, 1.165) is 17.7 Å². The first-order valence-electron chi connectivity index (χ1n) is 8.45. The molecule has 0 N–H and O–H groups in total. The van der Waals surface area contributed by atoms with E-state index in [2.05, 4.69) is 39.5 Å². The minimum absolute atomic E-state index is 0.445. The van der Waals surface area contributed by atoms with Crippen LogP contribution in [0, 0.1) is 0 Å². The van der Waals surface area contributed by atoms with E-state index >= 15 is 0 Å². The maximum absolute atomic E-state index is 4.95. The molecule has 2 fully saturated rings. The molecule has 2 aromatic rings. The van der Waals surface area contributed by atoms with Crippen molar-refractivity contribution in [2.75, 3.05) is 27.2 Å². The van der Waals surface area contributed by atoms with Gasteiger partial charge in [0.2, 0.25) is 0 Å². The quantitative estimate of drug-likeness (QED) is 0.871. The lowest BCUT2D eigenvalue weighted by Crippen LogP contribution is -2.31. The van der Waals surface area contributed by atoms with E-state index < -0.39 is 0 Å². The van der Waals surface area contributed by atoms with Gasteiger partial charge >= 0.3 is 0 Å². The Kier molecular flexibility index (Phi) is 3.62. The van der Waals surface area contributed by atoms with Gasteiger partial charge in [-0.15, -0.1) is 0 Å². The highest BCUT2D eigenvalue weighted by atomic mass is 15.3. The molecule has 2 saturated heterocycles. The Hall–Kier alpha value is -1.46. The van der Waals surface area contributed by atoms with Crippen LogP contribution < -0.4 is 0 Å². The molecule has 2 aliphatic heterocycles. The van der Waals surface area contributed by atoms with Crippen molar-refractivity contribution in [3.8, 4) is 0 Å². The first kappa shape index (κ1) is 14.2. The van der Waals surface area contributed by atoms with Crippen molar-refractivity contribution in [3.05, 3.63) is 24.2 Å². The zero-order valence-corrected chi connectivity index (χ0v) is 13.6. The minimum Gasteiger partial charge on any atom is -0.310 e. The maximum Gasteiger partial charge on any atom is 0.160 e. The number of hydrogen-bond donors (Lipinski definition) is 0. The van der Waals surface area contributed by atoms with E-state index in [4.69, 9.17) is 4.98 Å². The summed E-state index contributed by atoms with van der Waals surface area (Å²) in [5.41, 5.74) is 2.09. The third-order valence-electron chi connectivity index (χ3n) is 5.42. The van der Waals surface area contributed by atoms with Crippen molar-refractivity contribution in [1.29, 1.82) is 0 Å². The largest absolute Gasteiger partial charge is 0.310 e. The number of hydrogen-bond acceptors (Lipinski definition) is 4. The molecule has 0 spiro atoms. The van der Waals surface area contributed by atoms with Gasteiger partial charge in [0.15, 0.2) is 5.65 Å². The van der Waals surface area contributed by atoms with Crippen LogP contribution in [0.3, 0.4) is 0 Å². The Balaban J connectivity index is 1.76. The summed E-state index contributed by atoms with van der Waals surface area (Å²) in [5, 5.41) is 0. The maximum atomic E-state index is 4.95. The number of fused-ring (bicyclic) bond motifs is 1. The summed E-state index contributed by atoms with van der Waals surface area (Å²) in [6, 6.07) is 5.14. The van der Waals surface area contributed by atoms with Crippen LogP contribution in [0.5, 0.6) is 0 Å². The number of pyridine rings is 1. The average Bonchev–Trinajstić information content (AvgIpc) is 3.20. The van der Waals surface area contributed by atoms with Gasteiger partial charge in [-0.1, -0.05) is 0 Å². The molecule has 2 atom stereocenters. The van der Waals surface area contributed by atoms with Gasteiger partial charge in [-0.2, -0.15) is 0 Å². The fraction of sp³-hybridized carbons (Fsp3) is 0.647. The molecule has 2 unspecified atom stereocenters. The fourth-order valence-electron chi connectivity index (χ4n) is 4.07. The number of rotatable bonds is 3. The first-order chi connectivity index (χ1) is 10.7. The molecular formula is C17H25N5. The molecule has 2 aliphatic rings. The summed E-state index contributed by atoms with van der Waals surface area (Å²) < 4.78 is 2.40. The number of imidazole rings is 1. The predicted octanol–water partition coefficient (Wildman–Crippen LogP) is 2.29. The third-order valence-corrected chi connectivity index (χ3v) is 5.42. The molecule has 5 heteroatoms. The molecule has 0 radical (unpaired) electrons. The van der Waals surface area contributed by atoms with Crippen LogP contribution in [0.15, 0.2) is 18.3 Å². The Bertz CT molecular complexity index is 664. The lowest BCUT2D eigenvalue weighted by molar-refractivity contribution is 0.264. The van der Waals surface area contributed by atoms with E-state index in [0.29, 0.717) is 12.1 Å². The van der Waals surface area contributed by atoms with E-state index in [-0.39, 0.29) is 0 Å². The SMILES string of the molecule is CN1CCCC1Cn1c(C2CCCN2C)nc2cccnc21. The molecule has 0 aromatic carbocycles. The van der Waals surface area contributed by atoms with Gasteiger partial charge in [0.05, 0.1) is 6.04 Å². The second-order valence-corrected chi connectivity index (χ2v) is 6.84. The molecule has 0 amide bonds. The smallest absolute Gasteiger partial charge is 0.160 e. The van der Waals surface area contributed by atoms with Gasteiger partial charge in [0.25, 0.3) is 0 Å². The normalized spacial score (nSPS) is 27.2. The lowest BCUT2D eigenvalue weighted by Gasteiger charge is -2.24. The second kappa shape index (κ2) is 5.63. The summed E-state index contributed by atoms with van der Waals surface area (Å²) in [6.45, 7) is 3.40. The molecule has 4 rings (SSSR count). The summed E-state index contributed by atoms with van der Waals surface area (Å²) in [6.07, 6.45) is 6.95. The van der Waals surface area contributed by atoms with Crippen LogP contribution in [0.25, 0.3) is 11.2 Å². The topological polar surface area (TPSA) is 37.2 Å². The van der Waals surface area contributed by atoms with Crippen LogP contribution in [-0.4, -0.2) is 57.6 Å². The number of likely N-dealkylation sites (tertiary alicyclic amines) is 2. The molecule has 0 aliphatic carbocycles. The van der Waals surface area contributed by atoms with Gasteiger partial charge in [-0.3, -0.25) is 4.90 Å². The third kappa shape index (κ3) is 2.32. The molecule has 5 nitrogen and oxygen atoms in total. The fourth-order valence-corrected chi connectivity index (χ4v) is 4.07. The minimum atomic E-state index is 0.445. The predicted molar refractivity (Wildman–Crippen MR) is 87.8 cm³/mol. The Morgan fingerprint density at radius 2 is 1.95 bits per heavy atom. The van der Waals surface area contributed by atoms with Crippen LogP contribution >= 0.6 is 0 Å². The second-order valence-electron chi connectivity index (χ2n) is 6.84. The molecule has 0 saturated carbocycles. The van der Waals surface area contributed by atoms with Crippen LogP contribution in [0.1, 0.15) is 37.5 Å². The van der Waals surface area contributed by atoms with Crippen molar-refractivity contribution in [2.45, 2.75) is 44.3 Å². The number of aromatic nitrogens is 3. The number of nitrogens with zero attached hydrogens (tertiary/aromatic N) is 5. The first-order valence-corrected chi connectivity index (χ1v) is 8.45. The van der Waals surface area contributed by atoms with Crippen molar-refractivity contribution < 1.29 is 0 Å². The van der Waals surface area contributed by atoms with Gasteiger partial charge < -0.3 is 9.47 Å². The van der Waals surface area contributed by atoms with Crippen LogP contribution in [-0.2, 0) is 6.54 Å². The molecule has 0 bridgehead atoms. The molecule has 2 aromatic heterocycles. The highest BCUT2D eigenvalue weighted by Crippen LogP contribution is 2.32. The van der Waals surface area contributed by atoms with Gasteiger partial charge in [0, 0.05) is 18.8 Å². The zero-order valence-electron chi connectivity index (χ0n) is 13.6. The Morgan fingerprint density at radius 1 is 1.14 bits per heavy atom. The Morgan fingerprint density at radius 3 is 2.68 bits per heavy atom. The molecule has 118 valence electrons. The summed E-state index contributed by atoms with van der Waals surface area (Å²) >= 11 is 0. The highest BCUT2D eigenvalue weighted by molar-refractivity contribution is 5.71. The van der Waals surface area contributed by atoms with E-state index in [1.165, 1.54) is 44.6 Å². The Labute approximate surface area is 131 Å². The van der Waals surface area contributed by atoms with Crippen molar-refractivity contribution in [1.82, 2.24) is 24.3 Å². The monoisotopic (exact) mass is 299 g/mol. The number of likely N-dealkylation sites (N-methyl/N-ethyl adjacent to an activating group) is 1. The molecule has 4 heterocycles. The molecule has 22 heavy (non-hydrogen) atoms. The van der Waals surface area contributed by atoms with Crippen molar-refractivity contribution >= 4 is 11.2 Å². The van der Waals surface area contributed by atoms with Crippen LogP contribution in [0.4, 0.5) is 0 Å². The summed E-state index contributed by atoms with van der Waals surface area (Å²) in [5.74, 6) is 1.22. The van der Waals surface area contributed by atoms with Crippen molar-refractivity contribution in [2.24, 2.45) is 0 Å². The molecular weight excluding hydrogens is 274 g/mol. The standard InChI is InChI=1S/C17H25N5/c1-20-10-4-6-13(20)12-22-16-14(7-3-9-18-16)19-17(22)15-8-5-11-21(15)2/h3,7,9,13,15H,4-6,8,10-12H2,1-2H3. The van der Waals surface area contributed by atoms with E-state index in [9.17, 15) is 0 Å². The van der Waals surface area contributed by atoms with Crippen LogP contribution in [0.2, 0.25) is 0 Å². The summed E-state index contributed by atoms with van der Waals surface area (Å²) in [4.78, 5) is 14.5. The van der Waals surface area contributed by atoms with Gasteiger partial charge in [0.1, 0.15) is 11.3 Å². The lowest BCUT2D eigenvalue weighted by atomic mass is 10.2. The van der Waals surface area contributed by atoms with Crippen molar-refractivity contribution in [3.63, 3.8) is 0 Å². The zero-order chi connectivity index (χ0) is 15.1. The highest BCUT2D eigenvalue weighted by Gasteiger charge is 2.30. The van der Waals surface area contributed by atoms with E-state index in [1.807, 2.05) is 12.3 Å². The summed E-state index contributed by atoms with van der Waals surface area (Å²) in [7, 11) is 4.46. The van der Waals surface area contributed by atoms with E-state index in [1.54, 1.807) is 0 Å². The van der Waals surface area contributed by atoms with Gasteiger partial charge in [-0.05, 0) is 65.0 Å². The average molecular weight is 299 g/mol. The van der Waals surface area contributed by atoms with Gasteiger partial charge in [-0.25, -0.2) is 9.97 Å².